The van der Waals surface area contributed by atoms with Crippen molar-refractivity contribution in [3.05, 3.63) is 34.3 Å². The highest BCUT2D eigenvalue weighted by Gasteiger charge is 2.19. The van der Waals surface area contributed by atoms with Gasteiger partial charge in [0.25, 0.3) is 0 Å². The molecule has 84 valence electrons. The molecule has 1 aromatic carbocycles. The molecule has 2 heteroatoms. The molecule has 0 spiro atoms. The normalized spacial score (nSPS) is 13.9. The third kappa shape index (κ3) is 4.35. The van der Waals surface area contributed by atoms with E-state index < -0.39 is 0 Å². The van der Waals surface area contributed by atoms with E-state index in [2.05, 4.69) is 61.0 Å². The van der Waals surface area contributed by atoms with Gasteiger partial charge in [-0.1, -0.05) is 48.8 Å². The lowest BCUT2D eigenvalue weighted by molar-refractivity contribution is 0.306. The zero-order chi connectivity index (χ0) is 11.5. The fourth-order valence-electron chi connectivity index (χ4n) is 1.41. The van der Waals surface area contributed by atoms with Crippen molar-refractivity contribution in [3.8, 4) is 0 Å². The molecule has 0 fully saturated rings. The van der Waals surface area contributed by atoms with Gasteiger partial charge >= 0.3 is 0 Å². The molecule has 2 N–H and O–H groups in total. The van der Waals surface area contributed by atoms with E-state index in [0.717, 1.165) is 17.3 Å². The Morgan fingerprint density at radius 2 is 1.73 bits per heavy atom. The summed E-state index contributed by atoms with van der Waals surface area (Å²) in [5.41, 5.74) is 7.68. The molecule has 0 aliphatic heterocycles. The Hall–Kier alpha value is -0.340. The summed E-state index contributed by atoms with van der Waals surface area (Å²) in [5, 5.41) is 0. The summed E-state index contributed by atoms with van der Waals surface area (Å²) in [6.45, 7) is 6.58. The Balaban J connectivity index is 2.47. The second-order valence-corrected chi connectivity index (χ2v) is 6.05. The van der Waals surface area contributed by atoms with E-state index in [-0.39, 0.29) is 11.5 Å². The molecular weight excluding hydrogens is 250 g/mol. The molecule has 1 nitrogen and oxygen atoms in total. The molecule has 15 heavy (non-hydrogen) atoms. The van der Waals surface area contributed by atoms with Crippen molar-refractivity contribution in [1.82, 2.24) is 0 Å². The van der Waals surface area contributed by atoms with Crippen LogP contribution in [0, 0.1) is 5.41 Å². The first-order valence-corrected chi connectivity index (χ1v) is 6.19. The van der Waals surface area contributed by atoms with Gasteiger partial charge in [0.1, 0.15) is 0 Å². The molecule has 0 amide bonds. The molecule has 0 aliphatic carbocycles. The number of nitrogens with two attached hydrogens (primary N) is 1. The third-order valence-corrected chi connectivity index (χ3v) is 3.30. The van der Waals surface area contributed by atoms with Crippen molar-refractivity contribution in [3.63, 3.8) is 0 Å². The Morgan fingerprint density at radius 3 is 2.20 bits per heavy atom. The number of rotatable bonds is 3. The summed E-state index contributed by atoms with van der Waals surface area (Å²) in [5.74, 6) is 0. The first-order chi connectivity index (χ1) is 6.89. The van der Waals surface area contributed by atoms with E-state index in [1.165, 1.54) is 5.56 Å². The van der Waals surface area contributed by atoms with Gasteiger partial charge < -0.3 is 5.73 Å². The number of halogens is 1. The van der Waals surface area contributed by atoms with Gasteiger partial charge in [-0.15, -0.1) is 0 Å². The minimum atomic E-state index is 0.204. The van der Waals surface area contributed by atoms with Gasteiger partial charge in [0.15, 0.2) is 0 Å². The summed E-state index contributed by atoms with van der Waals surface area (Å²) in [4.78, 5) is 0. The minimum absolute atomic E-state index is 0.204. The van der Waals surface area contributed by atoms with Gasteiger partial charge in [-0.25, -0.2) is 0 Å². The highest BCUT2D eigenvalue weighted by Crippen LogP contribution is 2.21. The number of benzene rings is 1. The van der Waals surface area contributed by atoms with Crippen molar-refractivity contribution >= 4 is 15.9 Å². The molecule has 0 aromatic heterocycles. The highest BCUT2D eigenvalue weighted by molar-refractivity contribution is 9.10. The number of aryl methyl sites for hydroxylation is 1. The van der Waals surface area contributed by atoms with Gasteiger partial charge in [-0.2, -0.15) is 0 Å². The van der Waals surface area contributed by atoms with Crippen molar-refractivity contribution in [1.29, 1.82) is 0 Å². The van der Waals surface area contributed by atoms with Crippen molar-refractivity contribution in [2.45, 2.75) is 39.7 Å². The smallest absolute Gasteiger partial charge is 0.0175 e. The molecule has 0 radical (unpaired) electrons. The Labute approximate surface area is 101 Å². The maximum Gasteiger partial charge on any atom is 0.0175 e. The van der Waals surface area contributed by atoms with E-state index in [4.69, 9.17) is 5.73 Å². The molecule has 1 atom stereocenters. The average Bonchev–Trinajstić information content (AvgIpc) is 2.15. The Bertz CT molecular complexity index is 297. The van der Waals surface area contributed by atoms with Crippen LogP contribution in [-0.4, -0.2) is 6.04 Å². The molecular formula is C13H20BrN. The van der Waals surface area contributed by atoms with Gasteiger partial charge in [-0.05, 0) is 36.0 Å². The lowest BCUT2D eigenvalue weighted by Gasteiger charge is -2.27. The quantitative estimate of drug-likeness (QED) is 0.889. The lowest BCUT2D eigenvalue weighted by Crippen LogP contribution is -2.35. The average molecular weight is 270 g/mol. The summed E-state index contributed by atoms with van der Waals surface area (Å²) >= 11 is 3.43. The topological polar surface area (TPSA) is 26.0 Å². The van der Waals surface area contributed by atoms with Gasteiger partial charge in [0.2, 0.25) is 0 Å². The molecule has 0 saturated carbocycles. The van der Waals surface area contributed by atoms with Crippen LogP contribution in [0.3, 0.4) is 0 Å². The fourth-order valence-corrected chi connectivity index (χ4v) is 1.67. The van der Waals surface area contributed by atoms with Crippen molar-refractivity contribution < 1.29 is 0 Å². The third-order valence-electron chi connectivity index (χ3n) is 2.77. The SMILES string of the molecule is CC(C)(C)C(N)CCc1ccc(Br)cc1. The maximum atomic E-state index is 6.12. The zero-order valence-electron chi connectivity index (χ0n) is 9.76. The molecule has 0 bridgehead atoms. The number of hydrogen-bond donors (Lipinski definition) is 1. The molecule has 1 rings (SSSR count). The molecule has 0 saturated heterocycles. The van der Waals surface area contributed by atoms with E-state index >= 15 is 0 Å². The molecule has 1 aromatic rings. The summed E-state index contributed by atoms with van der Waals surface area (Å²) in [7, 11) is 0. The second-order valence-electron chi connectivity index (χ2n) is 5.14. The van der Waals surface area contributed by atoms with Gasteiger partial charge in [-0.3, -0.25) is 0 Å². The van der Waals surface area contributed by atoms with E-state index in [1.54, 1.807) is 0 Å². The molecule has 0 aliphatic rings. The zero-order valence-corrected chi connectivity index (χ0v) is 11.3. The Kier molecular flexibility index (Phi) is 4.35. The number of hydrogen-bond acceptors (Lipinski definition) is 1. The van der Waals surface area contributed by atoms with Crippen molar-refractivity contribution in [2.24, 2.45) is 11.1 Å². The van der Waals surface area contributed by atoms with E-state index in [0.29, 0.717) is 0 Å². The Morgan fingerprint density at radius 1 is 1.20 bits per heavy atom. The first-order valence-electron chi connectivity index (χ1n) is 5.39. The standard InChI is InChI=1S/C13H20BrN/c1-13(2,3)12(15)9-6-10-4-7-11(14)8-5-10/h4-5,7-8,12H,6,9,15H2,1-3H3. The summed E-state index contributed by atoms with van der Waals surface area (Å²) < 4.78 is 1.13. The minimum Gasteiger partial charge on any atom is -0.327 e. The van der Waals surface area contributed by atoms with Gasteiger partial charge in [0.05, 0.1) is 0 Å². The van der Waals surface area contributed by atoms with Crippen LogP contribution >= 0.6 is 15.9 Å². The fraction of sp³-hybridized carbons (Fsp3) is 0.538. The maximum absolute atomic E-state index is 6.12. The molecule has 1 unspecified atom stereocenters. The predicted octanol–water partition coefficient (Wildman–Crippen LogP) is 3.76. The lowest BCUT2D eigenvalue weighted by atomic mass is 9.84. The predicted molar refractivity (Wildman–Crippen MR) is 69.9 cm³/mol. The largest absolute Gasteiger partial charge is 0.327 e. The van der Waals surface area contributed by atoms with Crippen LogP contribution < -0.4 is 5.73 Å². The van der Waals surface area contributed by atoms with Crippen LogP contribution in [0.5, 0.6) is 0 Å². The van der Waals surface area contributed by atoms with Crippen LogP contribution in [0.4, 0.5) is 0 Å². The summed E-state index contributed by atoms with van der Waals surface area (Å²) in [6.07, 6.45) is 2.11. The second kappa shape index (κ2) is 5.13. The van der Waals surface area contributed by atoms with Crippen LogP contribution in [0.1, 0.15) is 32.8 Å². The van der Waals surface area contributed by atoms with Crippen molar-refractivity contribution in [2.75, 3.05) is 0 Å². The van der Waals surface area contributed by atoms with Crippen LogP contribution in [-0.2, 0) is 6.42 Å². The van der Waals surface area contributed by atoms with E-state index in [1.807, 2.05) is 0 Å². The highest BCUT2D eigenvalue weighted by atomic mass is 79.9. The first kappa shape index (κ1) is 12.7. The van der Waals surface area contributed by atoms with Gasteiger partial charge in [0, 0.05) is 10.5 Å². The van der Waals surface area contributed by atoms with Crippen LogP contribution in [0.15, 0.2) is 28.7 Å². The van der Waals surface area contributed by atoms with Crippen LogP contribution in [0.25, 0.3) is 0 Å². The molecule has 0 heterocycles. The van der Waals surface area contributed by atoms with E-state index in [9.17, 15) is 0 Å². The van der Waals surface area contributed by atoms with Crippen LogP contribution in [0.2, 0.25) is 0 Å². The summed E-state index contributed by atoms with van der Waals surface area (Å²) in [6, 6.07) is 8.73. The monoisotopic (exact) mass is 269 g/mol.